The molecule has 0 fully saturated rings. The predicted molar refractivity (Wildman–Crippen MR) is 77.2 cm³/mol. The van der Waals surface area contributed by atoms with Crippen molar-refractivity contribution in [2.45, 2.75) is 9.79 Å². The number of benzene rings is 2. The molecule has 7 heteroatoms. The molecule has 2 rings (SSSR count). The fraction of sp³-hybridized carbons (Fsp3) is 0. The fourth-order valence-electron chi connectivity index (χ4n) is 1.54. The summed E-state index contributed by atoms with van der Waals surface area (Å²) in [5.74, 6) is 0. The van der Waals surface area contributed by atoms with E-state index in [9.17, 15) is 8.42 Å². The topological polar surface area (TPSA) is 86.2 Å². The summed E-state index contributed by atoms with van der Waals surface area (Å²) in [5, 5.41) is 0.237. The average molecular weight is 317 g/mol. The predicted octanol–water partition coefficient (Wildman–Crippen LogP) is 2.99. The first-order valence-corrected chi connectivity index (χ1v) is 7.41. The van der Waals surface area contributed by atoms with Crippen molar-refractivity contribution in [3.8, 4) is 0 Å². The molecule has 0 aromatic heterocycles. The van der Waals surface area contributed by atoms with E-state index in [1.165, 1.54) is 36.4 Å². The molecule has 0 unspecified atom stereocenters. The first-order chi connectivity index (χ1) is 8.82. The highest BCUT2D eigenvalue weighted by atomic mass is 35.5. The second-order valence-corrected chi connectivity index (χ2v) is 6.61. The van der Waals surface area contributed by atoms with Gasteiger partial charge < -0.3 is 11.5 Å². The third-order valence-corrected chi connectivity index (χ3v) is 5.09. The number of nitrogens with two attached hydrogens (primary N) is 2. The Labute approximate surface area is 120 Å². The zero-order valence-electron chi connectivity index (χ0n) is 9.60. The summed E-state index contributed by atoms with van der Waals surface area (Å²) in [6.45, 7) is 0. The van der Waals surface area contributed by atoms with Gasteiger partial charge in [-0.2, -0.15) is 0 Å². The van der Waals surface area contributed by atoms with E-state index in [0.717, 1.165) is 0 Å². The number of hydrogen-bond acceptors (Lipinski definition) is 4. The van der Waals surface area contributed by atoms with Crippen LogP contribution < -0.4 is 11.5 Å². The largest absolute Gasteiger partial charge is 0.399 e. The number of anilines is 2. The minimum Gasteiger partial charge on any atom is -0.399 e. The van der Waals surface area contributed by atoms with Gasteiger partial charge in [0.05, 0.1) is 25.5 Å². The van der Waals surface area contributed by atoms with Crippen LogP contribution in [-0.2, 0) is 9.84 Å². The van der Waals surface area contributed by atoms with Gasteiger partial charge in [0.15, 0.2) is 0 Å². The van der Waals surface area contributed by atoms with Gasteiger partial charge in [-0.25, -0.2) is 8.42 Å². The highest BCUT2D eigenvalue weighted by Gasteiger charge is 2.21. The van der Waals surface area contributed by atoms with Crippen molar-refractivity contribution in [2.75, 3.05) is 11.5 Å². The van der Waals surface area contributed by atoms with E-state index in [0.29, 0.717) is 11.4 Å². The first kappa shape index (κ1) is 14.0. The van der Waals surface area contributed by atoms with Crippen molar-refractivity contribution in [3.63, 3.8) is 0 Å². The molecule has 0 amide bonds. The maximum absolute atomic E-state index is 12.4. The molecule has 0 aliphatic carbocycles. The van der Waals surface area contributed by atoms with Gasteiger partial charge in [0.1, 0.15) is 0 Å². The Kier molecular flexibility index (Phi) is 3.62. The number of rotatable bonds is 2. The Hall–Kier alpha value is -1.43. The number of sulfone groups is 1. The van der Waals surface area contributed by atoms with Crippen LogP contribution in [0.4, 0.5) is 11.4 Å². The molecule has 100 valence electrons. The minimum atomic E-state index is -3.75. The molecule has 0 radical (unpaired) electrons. The first-order valence-electron chi connectivity index (χ1n) is 5.17. The highest BCUT2D eigenvalue weighted by molar-refractivity contribution is 7.91. The Bertz CT molecular complexity index is 745. The van der Waals surface area contributed by atoms with Crippen LogP contribution in [0.3, 0.4) is 0 Å². The minimum absolute atomic E-state index is 0.0239. The Morgan fingerprint density at radius 1 is 0.895 bits per heavy atom. The third-order valence-electron chi connectivity index (χ3n) is 2.53. The zero-order chi connectivity index (χ0) is 14.2. The average Bonchev–Trinajstić information content (AvgIpc) is 2.32. The van der Waals surface area contributed by atoms with E-state index >= 15 is 0 Å². The van der Waals surface area contributed by atoms with Crippen molar-refractivity contribution in [1.29, 1.82) is 0 Å². The molecule has 0 saturated carbocycles. The van der Waals surface area contributed by atoms with E-state index in [4.69, 9.17) is 34.7 Å². The molecular formula is C12H10Cl2N2O2S. The summed E-state index contributed by atoms with van der Waals surface area (Å²) in [7, 11) is -3.75. The van der Waals surface area contributed by atoms with Crippen LogP contribution in [0.15, 0.2) is 46.2 Å². The lowest BCUT2D eigenvalue weighted by atomic mass is 10.3. The second kappa shape index (κ2) is 4.92. The molecule has 0 spiro atoms. The lowest BCUT2D eigenvalue weighted by Crippen LogP contribution is -2.04. The van der Waals surface area contributed by atoms with Crippen LogP contribution in [0.2, 0.25) is 10.0 Å². The molecule has 0 aliphatic rings. The van der Waals surface area contributed by atoms with Crippen LogP contribution in [0.5, 0.6) is 0 Å². The van der Waals surface area contributed by atoms with Gasteiger partial charge >= 0.3 is 0 Å². The molecule has 0 aliphatic heterocycles. The number of hydrogen-bond donors (Lipinski definition) is 2. The zero-order valence-corrected chi connectivity index (χ0v) is 11.9. The molecular weight excluding hydrogens is 307 g/mol. The van der Waals surface area contributed by atoms with Crippen LogP contribution in [-0.4, -0.2) is 8.42 Å². The van der Waals surface area contributed by atoms with Gasteiger partial charge in [-0.1, -0.05) is 23.2 Å². The molecule has 2 aromatic rings. The molecule has 19 heavy (non-hydrogen) atoms. The molecule has 2 aromatic carbocycles. The summed E-state index contributed by atoms with van der Waals surface area (Å²) in [6.07, 6.45) is 0. The molecule has 0 heterocycles. The molecule has 0 saturated heterocycles. The van der Waals surface area contributed by atoms with Crippen LogP contribution in [0, 0.1) is 0 Å². The van der Waals surface area contributed by atoms with Gasteiger partial charge in [-0.05, 0) is 36.4 Å². The van der Waals surface area contributed by atoms with Crippen LogP contribution in [0.1, 0.15) is 0 Å². The third kappa shape index (κ3) is 2.63. The van der Waals surface area contributed by atoms with Gasteiger partial charge in [-0.3, -0.25) is 0 Å². The highest BCUT2D eigenvalue weighted by Crippen LogP contribution is 2.31. The Morgan fingerprint density at radius 3 is 2.16 bits per heavy atom. The van der Waals surface area contributed by atoms with Gasteiger partial charge in [0.25, 0.3) is 0 Å². The molecule has 0 atom stereocenters. The standard InChI is InChI=1S/C12H10Cl2N2O2S/c13-9-6-8(2-3-11(9)16)19(17,18)12-4-1-7(15)5-10(12)14/h1-6H,15-16H2. The van der Waals surface area contributed by atoms with E-state index < -0.39 is 9.84 Å². The van der Waals surface area contributed by atoms with Gasteiger partial charge in [0, 0.05) is 5.69 Å². The van der Waals surface area contributed by atoms with Crippen molar-refractivity contribution in [2.24, 2.45) is 0 Å². The van der Waals surface area contributed by atoms with E-state index in [2.05, 4.69) is 0 Å². The maximum Gasteiger partial charge on any atom is 0.208 e. The summed E-state index contributed by atoms with van der Waals surface area (Å²) in [6, 6.07) is 8.31. The van der Waals surface area contributed by atoms with E-state index in [1.807, 2.05) is 0 Å². The maximum atomic E-state index is 12.4. The normalized spacial score (nSPS) is 11.5. The lowest BCUT2D eigenvalue weighted by Gasteiger charge is -2.08. The summed E-state index contributed by atoms with van der Waals surface area (Å²) >= 11 is 11.7. The van der Waals surface area contributed by atoms with Gasteiger partial charge in [-0.15, -0.1) is 0 Å². The quantitative estimate of drug-likeness (QED) is 0.834. The van der Waals surface area contributed by atoms with Crippen molar-refractivity contribution in [3.05, 3.63) is 46.4 Å². The van der Waals surface area contributed by atoms with Crippen LogP contribution in [0.25, 0.3) is 0 Å². The van der Waals surface area contributed by atoms with Crippen molar-refractivity contribution in [1.82, 2.24) is 0 Å². The Balaban J connectivity index is 2.62. The molecule has 4 N–H and O–H groups in total. The molecule has 0 bridgehead atoms. The summed E-state index contributed by atoms with van der Waals surface area (Å²) in [5.41, 5.74) is 11.8. The lowest BCUT2D eigenvalue weighted by molar-refractivity contribution is 0.596. The fourth-order valence-corrected chi connectivity index (χ4v) is 3.61. The van der Waals surface area contributed by atoms with Crippen molar-refractivity contribution < 1.29 is 8.42 Å². The second-order valence-electron chi connectivity index (χ2n) is 3.88. The van der Waals surface area contributed by atoms with Crippen LogP contribution >= 0.6 is 23.2 Å². The number of halogens is 2. The van der Waals surface area contributed by atoms with Gasteiger partial charge in [0.2, 0.25) is 9.84 Å². The molecule has 4 nitrogen and oxygen atoms in total. The monoisotopic (exact) mass is 316 g/mol. The van der Waals surface area contributed by atoms with E-state index in [-0.39, 0.29) is 19.8 Å². The Morgan fingerprint density at radius 2 is 1.58 bits per heavy atom. The smallest absolute Gasteiger partial charge is 0.208 e. The summed E-state index contributed by atoms with van der Waals surface area (Å²) in [4.78, 5) is 0.00239. The van der Waals surface area contributed by atoms with Crippen molar-refractivity contribution >= 4 is 44.4 Å². The number of nitrogen functional groups attached to an aromatic ring is 2. The SMILES string of the molecule is Nc1ccc(S(=O)(=O)c2ccc(N)c(Cl)c2)c(Cl)c1. The summed E-state index contributed by atoms with van der Waals surface area (Å²) < 4.78 is 24.8. The van der Waals surface area contributed by atoms with E-state index in [1.54, 1.807) is 0 Å².